The lowest BCUT2D eigenvalue weighted by Gasteiger charge is -2.10. The molecule has 0 radical (unpaired) electrons. The van der Waals surface area contributed by atoms with Gasteiger partial charge in [-0.2, -0.15) is 0 Å². The quantitative estimate of drug-likeness (QED) is 0.764. The molecule has 2 aromatic carbocycles. The zero-order valence-electron chi connectivity index (χ0n) is 14.3. The second-order valence-electron chi connectivity index (χ2n) is 6.24. The van der Waals surface area contributed by atoms with Gasteiger partial charge in [0.05, 0.1) is 12.2 Å². The van der Waals surface area contributed by atoms with Crippen molar-refractivity contribution >= 4 is 11.7 Å². The summed E-state index contributed by atoms with van der Waals surface area (Å²) in [5, 5.41) is 2.62. The number of rotatable bonds is 3. The van der Waals surface area contributed by atoms with Gasteiger partial charge in [-0.05, 0) is 60.0 Å². The van der Waals surface area contributed by atoms with Crippen molar-refractivity contribution in [2.24, 2.45) is 0 Å². The monoisotopic (exact) mass is 348 g/mol. The Labute approximate surface area is 150 Å². The van der Waals surface area contributed by atoms with Crippen molar-refractivity contribution in [1.82, 2.24) is 4.98 Å². The highest BCUT2D eigenvalue weighted by Crippen LogP contribution is 2.33. The highest BCUT2D eigenvalue weighted by molar-refractivity contribution is 6.04. The minimum atomic E-state index is -0.558. The summed E-state index contributed by atoms with van der Waals surface area (Å²) < 4.78 is 19.3. The Bertz CT molecular complexity index is 984. The summed E-state index contributed by atoms with van der Waals surface area (Å²) in [6.07, 6.45) is 2.62. The van der Waals surface area contributed by atoms with Crippen molar-refractivity contribution in [2.75, 3.05) is 11.9 Å². The van der Waals surface area contributed by atoms with Crippen molar-refractivity contribution in [2.45, 2.75) is 13.3 Å². The van der Waals surface area contributed by atoms with Gasteiger partial charge >= 0.3 is 0 Å². The van der Waals surface area contributed by atoms with Crippen LogP contribution in [0.3, 0.4) is 0 Å². The molecule has 1 N–H and O–H groups in total. The van der Waals surface area contributed by atoms with Crippen LogP contribution in [0.1, 0.15) is 21.5 Å². The first kappa shape index (κ1) is 16.3. The van der Waals surface area contributed by atoms with Crippen LogP contribution >= 0.6 is 0 Å². The maximum atomic E-state index is 13.7. The third kappa shape index (κ3) is 3.04. The molecule has 0 atom stereocenters. The summed E-state index contributed by atoms with van der Waals surface area (Å²) in [6, 6.07) is 13.7. The van der Waals surface area contributed by atoms with E-state index in [0.29, 0.717) is 5.82 Å². The molecule has 1 aliphatic heterocycles. The van der Waals surface area contributed by atoms with Crippen LogP contribution in [-0.2, 0) is 6.42 Å². The Balaban J connectivity index is 1.56. The summed E-state index contributed by atoms with van der Waals surface area (Å²) in [6.45, 7) is 2.75. The minimum Gasteiger partial charge on any atom is -0.493 e. The number of fused-ring (bicyclic) bond motifs is 1. The number of nitrogens with zero attached hydrogens (tertiary/aromatic N) is 1. The number of pyridine rings is 1. The van der Waals surface area contributed by atoms with E-state index in [0.717, 1.165) is 35.5 Å². The summed E-state index contributed by atoms with van der Waals surface area (Å²) >= 11 is 0. The van der Waals surface area contributed by atoms with E-state index in [9.17, 15) is 9.18 Å². The fraction of sp³-hybridized carbons (Fsp3) is 0.143. The van der Waals surface area contributed by atoms with E-state index >= 15 is 0 Å². The molecule has 1 amide bonds. The molecule has 4 rings (SSSR count). The third-order valence-corrected chi connectivity index (χ3v) is 4.47. The molecule has 0 unspecified atom stereocenters. The molecule has 4 nitrogen and oxygen atoms in total. The van der Waals surface area contributed by atoms with E-state index in [1.165, 1.54) is 17.7 Å². The number of nitrogens with one attached hydrogen (secondary N) is 1. The fourth-order valence-electron chi connectivity index (χ4n) is 3.09. The van der Waals surface area contributed by atoms with Crippen LogP contribution in [0.2, 0.25) is 0 Å². The zero-order chi connectivity index (χ0) is 18.1. The molecular formula is C21H17FN2O2. The van der Waals surface area contributed by atoms with Crippen LogP contribution < -0.4 is 10.1 Å². The van der Waals surface area contributed by atoms with Gasteiger partial charge in [0.25, 0.3) is 5.91 Å². The number of carbonyl (C=O) groups is 1. The summed E-state index contributed by atoms with van der Waals surface area (Å²) in [7, 11) is 0. The molecule has 0 fully saturated rings. The van der Waals surface area contributed by atoms with Crippen LogP contribution in [0.25, 0.3) is 11.1 Å². The number of halogens is 1. The van der Waals surface area contributed by atoms with E-state index in [1.807, 2.05) is 19.1 Å². The number of benzene rings is 2. The van der Waals surface area contributed by atoms with Crippen LogP contribution in [0, 0.1) is 12.7 Å². The van der Waals surface area contributed by atoms with Crippen molar-refractivity contribution in [3.8, 4) is 16.9 Å². The predicted molar refractivity (Wildman–Crippen MR) is 98.0 cm³/mol. The van der Waals surface area contributed by atoms with Crippen LogP contribution in [0.5, 0.6) is 5.75 Å². The molecular weight excluding hydrogens is 331 g/mol. The van der Waals surface area contributed by atoms with Crippen LogP contribution in [0.15, 0.2) is 54.7 Å². The molecule has 0 bridgehead atoms. The number of aryl methyl sites for hydroxylation is 1. The maximum Gasteiger partial charge on any atom is 0.259 e. The number of ether oxygens (including phenoxy) is 1. The normalized spacial score (nSPS) is 12.4. The molecule has 1 aliphatic rings. The fourth-order valence-corrected chi connectivity index (χ4v) is 3.09. The summed E-state index contributed by atoms with van der Waals surface area (Å²) in [5.74, 6) is 0.254. The molecule has 130 valence electrons. The van der Waals surface area contributed by atoms with E-state index in [-0.39, 0.29) is 5.56 Å². The predicted octanol–water partition coefficient (Wildman–Crippen LogP) is 4.38. The minimum absolute atomic E-state index is 0.00663. The molecule has 3 aromatic rings. The van der Waals surface area contributed by atoms with Crippen molar-refractivity contribution in [1.29, 1.82) is 0 Å². The second-order valence-corrected chi connectivity index (χ2v) is 6.24. The van der Waals surface area contributed by atoms with Gasteiger partial charge in [0.2, 0.25) is 0 Å². The first-order valence-corrected chi connectivity index (χ1v) is 8.40. The van der Waals surface area contributed by atoms with Gasteiger partial charge in [0, 0.05) is 18.2 Å². The maximum absolute atomic E-state index is 13.7. The average molecular weight is 348 g/mol. The largest absolute Gasteiger partial charge is 0.493 e. The first-order valence-electron chi connectivity index (χ1n) is 8.40. The number of anilines is 1. The number of carbonyl (C=O) groups excluding carboxylic acids is 1. The Morgan fingerprint density at radius 3 is 2.81 bits per heavy atom. The van der Waals surface area contributed by atoms with Gasteiger partial charge in [-0.25, -0.2) is 9.37 Å². The first-order chi connectivity index (χ1) is 12.6. The van der Waals surface area contributed by atoms with E-state index in [1.54, 1.807) is 24.4 Å². The highest BCUT2D eigenvalue weighted by atomic mass is 19.1. The van der Waals surface area contributed by atoms with Gasteiger partial charge < -0.3 is 10.1 Å². The molecule has 1 aromatic heterocycles. The third-order valence-electron chi connectivity index (χ3n) is 4.47. The van der Waals surface area contributed by atoms with Crippen molar-refractivity contribution in [3.63, 3.8) is 0 Å². The standard InChI is InChI=1S/C21H17FN2O2/c1-13-10-19-14(8-9-26-19)11-17(13)15-6-7-20(23-12-15)24-21(25)16-4-2-3-5-18(16)22/h2-7,10-12H,8-9H2,1H3,(H,23,24,25). The van der Waals surface area contributed by atoms with Crippen molar-refractivity contribution < 1.29 is 13.9 Å². The molecule has 0 saturated heterocycles. The van der Waals surface area contributed by atoms with E-state index in [4.69, 9.17) is 4.74 Å². The van der Waals surface area contributed by atoms with Gasteiger partial charge in [-0.15, -0.1) is 0 Å². The molecule has 0 spiro atoms. The zero-order valence-corrected chi connectivity index (χ0v) is 14.3. The molecule has 0 aliphatic carbocycles. The van der Waals surface area contributed by atoms with Crippen LogP contribution in [0.4, 0.5) is 10.2 Å². The molecule has 0 saturated carbocycles. The van der Waals surface area contributed by atoms with Gasteiger partial charge in [0.1, 0.15) is 17.4 Å². The smallest absolute Gasteiger partial charge is 0.259 e. The Kier molecular flexibility index (Phi) is 4.13. The lowest BCUT2D eigenvalue weighted by molar-refractivity contribution is 0.102. The van der Waals surface area contributed by atoms with Crippen molar-refractivity contribution in [3.05, 3.63) is 77.2 Å². The lowest BCUT2D eigenvalue weighted by Crippen LogP contribution is -2.14. The second kappa shape index (κ2) is 6.59. The number of amides is 1. The average Bonchev–Trinajstić information content (AvgIpc) is 3.09. The number of aromatic nitrogens is 1. The van der Waals surface area contributed by atoms with Gasteiger partial charge in [0.15, 0.2) is 0 Å². The Hall–Kier alpha value is -3.21. The Morgan fingerprint density at radius 2 is 2.04 bits per heavy atom. The van der Waals surface area contributed by atoms with Crippen LogP contribution in [-0.4, -0.2) is 17.5 Å². The van der Waals surface area contributed by atoms with Gasteiger partial charge in [-0.3, -0.25) is 4.79 Å². The summed E-state index contributed by atoms with van der Waals surface area (Å²) in [4.78, 5) is 16.5. The molecule has 2 heterocycles. The number of hydrogen-bond donors (Lipinski definition) is 1. The SMILES string of the molecule is Cc1cc2c(cc1-c1ccc(NC(=O)c3ccccc3F)nc1)CCO2. The Morgan fingerprint density at radius 1 is 1.19 bits per heavy atom. The molecule has 26 heavy (non-hydrogen) atoms. The number of hydrogen-bond acceptors (Lipinski definition) is 3. The summed E-state index contributed by atoms with van der Waals surface area (Å²) in [5.41, 5.74) is 4.35. The highest BCUT2D eigenvalue weighted by Gasteiger charge is 2.16. The lowest BCUT2D eigenvalue weighted by atomic mass is 9.98. The van der Waals surface area contributed by atoms with Gasteiger partial charge in [-0.1, -0.05) is 12.1 Å². The van der Waals surface area contributed by atoms with E-state index in [2.05, 4.69) is 16.4 Å². The van der Waals surface area contributed by atoms with E-state index < -0.39 is 11.7 Å². The topological polar surface area (TPSA) is 51.2 Å². The molecule has 5 heteroatoms.